The Morgan fingerprint density at radius 3 is 3.00 bits per heavy atom. The summed E-state index contributed by atoms with van der Waals surface area (Å²) in [5, 5.41) is 10.6. The van der Waals surface area contributed by atoms with Gasteiger partial charge in [0.15, 0.2) is 5.76 Å². The van der Waals surface area contributed by atoms with Crippen LogP contribution in [0.3, 0.4) is 0 Å². The number of piperidine rings is 1. The van der Waals surface area contributed by atoms with Crippen LogP contribution in [0.25, 0.3) is 0 Å². The fraction of sp³-hybridized carbons (Fsp3) is 0.500. The van der Waals surface area contributed by atoms with E-state index in [9.17, 15) is 9.90 Å². The summed E-state index contributed by atoms with van der Waals surface area (Å²) in [5.74, 6) is 0.939. The minimum Gasteiger partial charge on any atom is -0.459 e. The lowest BCUT2D eigenvalue weighted by atomic mass is 9.91. The van der Waals surface area contributed by atoms with Gasteiger partial charge in [-0.1, -0.05) is 0 Å². The number of aryl methyl sites for hydroxylation is 2. The molecule has 1 fully saturated rings. The molecule has 0 aliphatic carbocycles. The minimum absolute atomic E-state index is 0.00549. The third kappa shape index (κ3) is 2.66. The second kappa shape index (κ2) is 5.96. The van der Waals surface area contributed by atoms with Gasteiger partial charge in [0.05, 0.1) is 6.26 Å². The molecule has 0 spiro atoms. The Hall–Kier alpha value is -2.08. The highest BCUT2D eigenvalue weighted by molar-refractivity contribution is 5.92. The van der Waals surface area contributed by atoms with E-state index < -0.39 is 6.10 Å². The van der Waals surface area contributed by atoms with Crippen molar-refractivity contribution in [2.45, 2.75) is 25.9 Å². The van der Waals surface area contributed by atoms with E-state index in [2.05, 4.69) is 4.98 Å². The molecule has 3 rings (SSSR count). The van der Waals surface area contributed by atoms with Crippen molar-refractivity contribution in [3.8, 4) is 0 Å². The van der Waals surface area contributed by atoms with Crippen molar-refractivity contribution in [2.24, 2.45) is 13.0 Å². The van der Waals surface area contributed by atoms with Gasteiger partial charge in [0, 0.05) is 44.0 Å². The van der Waals surface area contributed by atoms with Crippen molar-refractivity contribution in [2.75, 3.05) is 13.1 Å². The monoisotopic (exact) mass is 303 g/mol. The lowest BCUT2D eigenvalue weighted by molar-refractivity contribution is 0.0340. The molecule has 0 bridgehead atoms. The quantitative estimate of drug-likeness (QED) is 0.940. The van der Waals surface area contributed by atoms with Crippen LogP contribution in [0.1, 0.15) is 40.9 Å². The molecule has 0 aromatic carbocycles. The fourth-order valence-corrected chi connectivity index (χ4v) is 3.06. The number of aromatic nitrogens is 2. The summed E-state index contributed by atoms with van der Waals surface area (Å²) in [6.07, 6.45) is 6.13. The number of rotatable bonds is 3. The average molecular weight is 303 g/mol. The highest BCUT2D eigenvalue weighted by Crippen LogP contribution is 2.29. The first-order valence-corrected chi connectivity index (χ1v) is 7.56. The van der Waals surface area contributed by atoms with Gasteiger partial charge >= 0.3 is 0 Å². The molecule has 1 amide bonds. The Morgan fingerprint density at radius 2 is 2.36 bits per heavy atom. The van der Waals surface area contributed by atoms with Gasteiger partial charge in [-0.2, -0.15) is 0 Å². The molecule has 1 aliphatic rings. The molecule has 2 atom stereocenters. The minimum atomic E-state index is -0.659. The number of carbonyl (C=O) groups excluding carboxylic acids is 1. The van der Waals surface area contributed by atoms with Crippen LogP contribution in [0.5, 0.6) is 0 Å². The Kier molecular flexibility index (Phi) is 4.02. The molecule has 6 heteroatoms. The number of aliphatic hydroxyl groups is 1. The average Bonchev–Trinajstić information content (AvgIpc) is 3.14. The Balaban J connectivity index is 1.73. The molecule has 6 nitrogen and oxygen atoms in total. The summed E-state index contributed by atoms with van der Waals surface area (Å²) in [4.78, 5) is 18.5. The number of hydrogen-bond donors (Lipinski definition) is 1. The summed E-state index contributed by atoms with van der Waals surface area (Å²) >= 11 is 0. The van der Waals surface area contributed by atoms with Crippen molar-refractivity contribution in [3.05, 3.63) is 41.9 Å². The molecule has 1 aliphatic heterocycles. The third-order valence-electron chi connectivity index (χ3n) is 4.37. The smallest absolute Gasteiger partial charge is 0.289 e. The largest absolute Gasteiger partial charge is 0.459 e. The fourth-order valence-electron chi connectivity index (χ4n) is 3.06. The number of nitrogens with zero attached hydrogens (tertiary/aromatic N) is 3. The van der Waals surface area contributed by atoms with Gasteiger partial charge < -0.3 is 19.0 Å². The molecule has 1 saturated heterocycles. The summed E-state index contributed by atoms with van der Waals surface area (Å²) < 4.78 is 7.12. The van der Waals surface area contributed by atoms with Crippen molar-refractivity contribution in [1.29, 1.82) is 0 Å². The molecule has 2 unspecified atom stereocenters. The van der Waals surface area contributed by atoms with E-state index in [0.717, 1.165) is 18.4 Å². The number of furan rings is 1. The van der Waals surface area contributed by atoms with Crippen molar-refractivity contribution < 1.29 is 14.3 Å². The zero-order valence-electron chi connectivity index (χ0n) is 12.9. The van der Waals surface area contributed by atoms with Crippen LogP contribution < -0.4 is 0 Å². The lowest BCUT2D eigenvalue weighted by Crippen LogP contribution is -2.42. The third-order valence-corrected chi connectivity index (χ3v) is 4.37. The number of aliphatic hydroxyl groups excluding tert-OH is 1. The number of hydrogen-bond acceptors (Lipinski definition) is 4. The highest BCUT2D eigenvalue weighted by Gasteiger charge is 2.32. The molecular weight excluding hydrogens is 282 g/mol. The molecule has 22 heavy (non-hydrogen) atoms. The van der Waals surface area contributed by atoms with Crippen LogP contribution in [-0.2, 0) is 7.05 Å². The second-order valence-corrected chi connectivity index (χ2v) is 5.93. The Labute approximate surface area is 129 Å². The molecule has 1 N–H and O–H groups in total. The van der Waals surface area contributed by atoms with E-state index in [1.165, 1.54) is 6.26 Å². The van der Waals surface area contributed by atoms with Gasteiger partial charge in [-0.3, -0.25) is 4.79 Å². The van der Waals surface area contributed by atoms with E-state index >= 15 is 0 Å². The van der Waals surface area contributed by atoms with Crippen molar-refractivity contribution >= 4 is 5.91 Å². The van der Waals surface area contributed by atoms with Crippen LogP contribution >= 0.6 is 0 Å². The predicted octanol–water partition coefficient (Wildman–Crippen LogP) is 1.91. The molecule has 0 saturated carbocycles. The van der Waals surface area contributed by atoms with Gasteiger partial charge in [-0.25, -0.2) is 4.98 Å². The maximum absolute atomic E-state index is 12.5. The topological polar surface area (TPSA) is 71.5 Å². The number of likely N-dealkylation sites (tertiary alicyclic amines) is 1. The zero-order chi connectivity index (χ0) is 15.7. The van der Waals surface area contributed by atoms with Gasteiger partial charge in [0.2, 0.25) is 0 Å². The zero-order valence-corrected chi connectivity index (χ0v) is 12.9. The van der Waals surface area contributed by atoms with Crippen LogP contribution in [-0.4, -0.2) is 38.6 Å². The van der Waals surface area contributed by atoms with E-state index in [1.54, 1.807) is 17.2 Å². The number of amides is 1. The number of imidazole rings is 1. The SMILES string of the molecule is Cc1ccoc1C(=O)N1CCCC(C(O)c2nccn2C)C1. The Morgan fingerprint density at radius 1 is 1.55 bits per heavy atom. The Bertz CT molecular complexity index is 661. The standard InChI is InChI=1S/C16H21N3O3/c1-11-5-9-22-14(11)16(21)19-7-3-4-12(10-19)13(20)15-17-6-8-18(15)2/h5-6,8-9,12-13,20H,3-4,7,10H2,1-2H3. The van der Waals surface area contributed by atoms with Gasteiger partial charge in [0.1, 0.15) is 11.9 Å². The van der Waals surface area contributed by atoms with Crippen LogP contribution in [0, 0.1) is 12.8 Å². The molecular formula is C16H21N3O3. The normalized spacial score (nSPS) is 20.1. The molecule has 2 aromatic heterocycles. The molecule has 0 radical (unpaired) electrons. The van der Waals surface area contributed by atoms with E-state index in [1.807, 2.05) is 24.7 Å². The first-order chi connectivity index (χ1) is 10.6. The molecule has 3 heterocycles. The van der Waals surface area contributed by atoms with E-state index in [0.29, 0.717) is 24.7 Å². The first-order valence-electron chi connectivity index (χ1n) is 7.56. The summed E-state index contributed by atoms with van der Waals surface area (Å²) in [5.41, 5.74) is 0.844. The van der Waals surface area contributed by atoms with Gasteiger partial charge in [-0.15, -0.1) is 0 Å². The highest BCUT2D eigenvalue weighted by atomic mass is 16.3. The van der Waals surface area contributed by atoms with Crippen molar-refractivity contribution in [3.63, 3.8) is 0 Å². The summed E-state index contributed by atoms with van der Waals surface area (Å²) in [7, 11) is 1.86. The van der Waals surface area contributed by atoms with E-state index in [-0.39, 0.29) is 11.8 Å². The van der Waals surface area contributed by atoms with Crippen LogP contribution in [0.2, 0.25) is 0 Å². The summed E-state index contributed by atoms with van der Waals surface area (Å²) in [6, 6.07) is 1.79. The first kappa shape index (κ1) is 14.8. The maximum Gasteiger partial charge on any atom is 0.289 e. The van der Waals surface area contributed by atoms with E-state index in [4.69, 9.17) is 4.42 Å². The molecule has 118 valence electrons. The van der Waals surface area contributed by atoms with Gasteiger partial charge in [0.25, 0.3) is 5.91 Å². The second-order valence-electron chi connectivity index (χ2n) is 5.93. The molecule has 2 aromatic rings. The van der Waals surface area contributed by atoms with Gasteiger partial charge in [-0.05, 0) is 25.8 Å². The van der Waals surface area contributed by atoms with Crippen LogP contribution in [0.15, 0.2) is 29.1 Å². The summed E-state index contributed by atoms with van der Waals surface area (Å²) in [6.45, 7) is 3.08. The van der Waals surface area contributed by atoms with Crippen molar-refractivity contribution in [1.82, 2.24) is 14.5 Å². The maximum atomic E-state index is 12.5. The lowest BCUT2D eigenvalue weighted by Gasteiger charge is -2.34. The number of carbonyl (C=O) groups is 1. The van der Waals surface area contributed by atoms with Crippen LogP contribution in [0.4, 0.5) is 0 Å². The predicted molar refractivity (Wildman–Crippen MR) is 80.2 cm³/mol.